The number of ether oxygens (including phenoxy) is 3. The van der Waals surface area contributed by atoms with Gasteiger partial charge in [0.2, 0.25) is 5.91 Å². The first kappa shape index (κ1) is 21.6. The smallest absolute Gasteiger partial charge is 0.253 e. The number of aryl methyl sites for hydroxylation is 1. The van der Waals surface area contributed by atoms with Crippen LogP contribution in [0.5, 0.6) is 11.5 Å². The Morgan fingerprint density at radius 2 is 1.90 bits per heavy atom. The van der Waals surface area contributed by atoms with Gasteiger partial charge in [-0.3, -0.25) is 9.59 Å². The van der Waals surface area contributed by atoms with Gasteiger partial charge in [0, 0.05) is 19.6 Å². The van der Waals surface area contributed by atoms with Crippen LogP contribution in [0.3, 0.4) is 0 Å². The molecule has 0 radical (unpaired) electrons. The highest BCUT2D eigenvalue weighted by Gasteiger charge is 2.18. The number of carbonyl (C=O) groups excluding carboxylic acids is 2. The van der Waals surface area contributed by atoms with E-state index in [-0.39, 0.29) is 24.3 Å². The number of nitrogens with one attached hydrogen (secondary N) is 2. The molecule has 0 aromatic heterocycles. The highest BCUT2D eigenvalue weighted by molar-refractivity contribution is 6.03. The molecule has 2 N–H and O–H groups in total. The molecule has 1 heterocycles. The van der Waals surface area contributed by atoms with E-state index in [4.69, 9.17) is 14.2 Å². The molecule has 1 saturated heterocycles. The molecule has 1 atom stereocenters. The lowest BCUT2D eigenvalue weighted by Crippen LogP contribution is -2.32. The largest absolute Gasteiger partial charge is 0.493 e. The quantitative estimate of drug-likeness (QED) is 0.661. The molecule has 0 spiro atoms. The molecule has 2 aromatic rings. The highest BCUT2D eigenvalue weighted by Crippen LogP contribution is 2.28. The molecule has 160 valence electrons. The van der Waals surface area contributed by atoms with Crippen LogP contribution in [0.15, 0.2) is 42.5 Å². The first-order chi connectivity index (χ1) is 14.6. The van der Waals surface area contributed by atoms with Gasteiger partial charge in [0.15, 0.2) is 11.5 Å². The molecule has 0 bridgehead atoms. The summed E-state index contributed by atoms with van der Waals surface area (Å²) in [5.41, 5.74) is 1.90. The Morgan fingerprint density at radius 3 is 2.63 bits per heavy atom. The van der Waals surface area contributed by atoms with Crippen LogP contribution in [-0.4, -0.2) is 45.3 Å². The molecule has 1 aliphatic heterocycles. The van der Waals surface area contributed by atoms with Gasteiger partial charge < -0.3 is 24.8 Å². The fourth-order valence-electron chi connectivity index (χ4n) is 3.40. The summed E-state index contributed by atoms with van der Waals surface area (Å²) in [5, 5.41) is 5.75. The first-order valence-corrected chi connectivity index (χ1v) is 10.1. The first-order valence-electron chi connectivity index (χ1n) is 10.1. The standard InChI is InChI=1S/C23H28N2O5/c1-28-20-11-9-16(14-21(20)29-2)10-12-22(26)25-19-8-4-3-7-18(19)23(27)24-15-17-6-5-13-30-17/h3-4,7-9,11,14,17H,5-6,10,12-13,15H2,1-2H3,(H,24,27)(H,25,26). The lowest BCUT2D eigenvalue weighted by molar-refractivity contribution is -0.116. The summed E-state index contributed by atoms with van der Waals surface area (Å²) in [6.45, 7) is 1.22. The average Bonchev–Trinajstić information content (AvgIpc) is 3.30. The molecule has 1 aliphatic rings. The van der Waals surface area contributed by atoms with Gasteiger partial charge in [-0.25, -0.2) is 0 Å². The van der Waals surface area contributed by atoms with E-state index < -0.39 is 0 Å². The van der Waals surface area contributed by atoms with Crippen LogP contribution in [0.1, 0.15) is 35.2 Å². The summed E-state index contributed by atoms with van der Waals surface area (Å²) in [5.74, 6) is 0.891. The zero-order valence-electron chi connectivity index (χ0n) is 17.4. The molecule has 0 saturated carbocycles. The van der Waals surface area contributed by atoms with Gasteiger partial charge in [0.1, 0.15) is 0 Å². The molecule has 2 amide bonds. The van der Waals surface area contributed by atoms with Crippen molar-refractivity contribution in [3.05, 3.63) is 53.6 Å². The van der Waals surface area contributed by atoms with E-state index in [0.29, 0.717) is 35.7 Å². The number of benzene rings is 2. The van der Waals surface area contributed by atoms with Crippen molar-refractivity contribution in [2.75, 3.05) is 32.7 Å². The number of carbonyl (C=O) groups is 2. The molecule has 1 unspecified atom stereocenters. The number of methoxy groups -OCH3 is 2. The van der Waals surface area contributed by atoms with Gasteiger partial charge in [-0.2, -0.15) is 0 Å². The summed E-state index contributed by atoms with van der Waals surface area (Å²) in [6, 6.07) is 12.6. The van der Waals surface area contributed by atoms with E-state index in [2.05, 4.69) is 10.6 Å². The minimum absolute atomic E-state index is 0.0668. The lowest BCUT2D eigenvalue weighted by Gasteiger charge is -2.14. The van der Waals surface area contributed by atoms with Crippen molar-refractivity contribution in [2.45, 2.75) is 31.8 Å². The summed E-state index contributed by atoms with van der Waals surface area (Å²) < 4.78 is 16.1. The maximum Gasteiger partial charge on any atom is 0.253 e. The van der Waals surface area contributed by atoms with E-state index in [0.717, 1.165) is 25.0 Å². The van der Waals surface area contributed by atoms with E-state index in [9.17, 15) is 9.59 Å². The molecular formula is C23H28N2O5. The van der Waals surface area contributed by atoms with E-state index in [1.165, 1.54) is 0 Å². The third kappa shape index (κ3) is 5.73. The molecule has 0 aliphatic carbocycles. The summed E-state index contributed by atoms with van der Waals surface area (Å²) in [7, 11) is 3.16. The minimum Gasteiger partial charge on any atom is -0.493 e. The Morgan fingerprint density at radius 1 is 1.10 bits per heavy atom. The van der Waals surface area contributed by atoms with Crippen LogP contribution < -0.4 is 20.1 Å². The van der Waals surface area contributed by atoms with Crippen molar-refractivity contribution < 1.29 is 23.8 Å². The maximum absolute atomic E-state index is 12.6. The average molecular weight is 412 g/mol. The van der Waals surface area contributed by atoms with Crippen LogP contribution in [-0.2, 0) is 16.0 Å². The number of hydrogen-bond acceptors (Lipinski definition) is 5. The summed E-state index contributed by atoms with van der Waals surface area (Å²) >= 11 is 0. The van der Waals surface area contributed by atoms with E-state index in [1.807, 2.05) is 18.2 Å². The number of amides is 2. The van der Waals surface area contributed by atoms with Crippen LogP contribution in [0, 0.1) is 0 Å². The zero-order valence-corrected chi connectivity index (χ0v) is 17.4. The van der Waals surface area contributed by atoms with Crippen molar-refractivity contribution in [1.29, 1.82) is 0 Å². The lowest BCUT2D eigenvalue weighted by atomic mass is 10.1. The highest BCUT2D eigenvalue weighted by atomic mass is 16.5. The second-order valence-electron chi connectivity index (χ2n) is 7.13. The van der Waals surface area contributed by atoms with E-state index in [1.54, 1.807) is 38.5 Å². The van der Waals surface area contributed by atoms with Gasteiger partial charge in [0.25, 0.3) is 5.91 Å². The molecule has 7 nitrogen and oxygen atoms in total. The molecule has 7 heteroatoms. The molecule has 3 rings (SSSR count). The monoisotopic (exact) mass is 412 g/mol. The molecule has 1 fully saturated rings. The Balaban J connectivity index is 1.56. The van der Waals surface area contributed by atoms with Crippen molar-refractivity contribution in [1.82, 2.24) is 5.32 Å². The Kier molecular flexibility index (Phi) is 7.68. The third-order valence-electron chi connectivity index (χ3n) is 5.05. The van der Waals surface area contributed by atoms with Crippen molar-refractivity contribution in [3.8, 4) is 11.5 Å². The predicted octanol–water partition coefficient (Wildman–Crippen LogP) is 3.18. The number of hydrogen-bond donors (Lipinski definition) is 2. The maximum atomic E-state index is 12.6. The Hall–Kier alpha value is -3.06. The second kappa shape index (κ2) is 10.6. The number of anilines is 1. The molecular weight excluding hydrogens is 384 g/mol. The van der Waals surface area contributed by atoms with Crippen molar-refractivity contribution >= 4 is 17.5 Å². The van der Waals surface area contributed by atoms with Crippen LogP contribution in [0.2, 0.25) is 0 Å². The van der Waals surface area contributed by atoms with Crippen LogP contribution in [0.4, 0.5) is 5.69 Å². The fourth-order valence-corrected chi connectivity index (χ4v) is 3.40. The van der Waals surface area contributed by atoms with Crippen LogP contribution in [0.25, 0.3) is 0 Å². The van der Waals surface area contributed by atoms with E-state index >= 15 is 0 Å². The van der Waals surface area contributed by atoms with Gasteiger partial charge in [0.05, 0.1) is 31.6 Å². The predicted molar refractivity (Wildman–Crippen MR) is 114 cm³/mol. The second-order valence-corrected chi connectivity index (χ2v) is 7.13. The molecule has 30 heavy (non-hydrogen) atoms. The molecule has 2 aromatic carbocycles. The van der Waals surface area contributed by atoms with Gasteiger partial charge in [-0.15, -0.1) is 0 Å². The van der Waals surface area contributed by atoms with Gasteiger partial charge in [-0.05, 0) is 49.1 Å². The van der Waals surface area contributed by atoms with Gasteiger partial charge >= 0.3 is 0 Å². The normalized spacial score (nSPS) is 15.5. The number of para-hydroxylation sites is 1. The SMILES string of the molecule is COc1ccc(CCC(=O)Nc2ccccc2C(=O)NCC2CCCO2)cc1OC. The Bertz CT molecular complexity index is 878. The Labute approximate surface area is 176 Å². The topological polar surface area (TPSA) is 85.9 Å². The summed E-state index contributed by atoms with van der Waals surface area (Å²) in [6.07, 6.45) is 2.86. The van der Waals surface area contributed by atoms with Crippen LogP contribution >= 0.6 is 0 Å². The van der Waals surface area contributed by atoms with Gasteiger partial charge in [-0.1, -0.05) is 18.2 Å². The summed E-state index contributed by atoms with van der Waals surface area (Å²) in [4.78, 5) is 25.1. The third-order valence-corrected chi connectivity index (χ3v) is 5.05. The zero-order chi connectivity index (χ0) is 21.3. The fraction of sp³-hybridized carbons (Fsp3) is 0.391. The minimum atomic E-state index is -0.221. The number of rotatable bonds is 9. The van der Waals surface area contributed by atoms with Crippen molar-refractivity contribution in [3.63, 3.8) is 0 Å². The van der Waals surface area contributed by atoms with Crippen molar-refractivity contribution in [2.24, 2.45) is 0 Å².